The van der Waals surface area contributed by atoms with Gasteiger partial charge in [0.1, 0.15) is 5.56 Å². The maximum atomic E-state index is 10.9. The van der Waals surface area contributed by atoms with Crippen LogP contribution >= 0.6 is 12.6 Å². The van der Waals surface area contributed by atoms with Crippen LogP contribution in [0.15, 0.2) is 17.0 Å². The number of amides is 1. The van der Waals surface area contributed by atoms with Crippen LogP contribution in [0.2, 0.25) is 0 Å². The summed E-state index contributed by atoms with van der Waals surface area (Å²) in [6.45, 7) is 1.24. The normalized spacial score (nSPS) is 9.76. The highest BCUT2D eigenvalue weighted by atomic mass is 32.1. The molecule has 0 heterocycles. The van der Waals surface area contributed by atoms with Gasteiger partial charge in [-0.2, -0.15) is 0 Å². The Morgan fingerprint density at radius 2 is 2.06 bits per heavy atom. The maximum Gasteiger partial charge on any atom is 0.342 e. The van der Waals surface area contributed by atoms with E-state index in [0.717, 1.165) is 6.07 Å². The zero-order chi connectivity index (χ0) is 13.2. The molecule has 0 aliphatic carbocycles. The minimum atomic E-state index is -1.46. The van der Waals surface area contributed by atoms with Crippen molar-refractivity contribution in [2.75, 3.05) is 5.32 Å². The molecule has 2 N–H and O–H groups in total. The fraction of sp³-hybridized carbons (Fsp3) is 0.111. The molecule has 17 heavy (non-hydrogen) atoms. The fourth-order valence-electron chi connectivity index (χ4n) is 1.25. The van der Waals surface area contributed by atoms with Gasteiger partial charge in [0.15, 0.2) is 0 Å². The molecule has 0 bridgehead atoms. The molecule has 0 saturated carbocycles. The lowest BCUT2D eigenvalue weighted by molar-refractivity contribution is -0.388. The molecule has 0 saturated heterocycles. The molecule has 0 radical (unpaired) electrons. The smallest absolute Gasteiger partial charge is 0.342 e. The SMILES string of the molecule is CC(=O)Nc1cc(S)c([N+](=O)[O-])c(C(=O)O)c1. The number of hydrogen-bond donors (Lipinski definition) is 3. The molecule has 0 fully saturated rings. The van der Waals surface area contributed by atoms with E-state index in [2.05, 4.69) is 17.9 Å². The van der Waals surface area contributed by atoms with Gasteiger partial charge in [-0.25, -0.2) is 4.79 Å². The van der Waals surface area contributed by atoms with E-state index in [9.17, 15) is 19.7 Å². The molecule has 90 valence electrons. The number of carbonyl (C=O) groups excluding carboxylic acids is 1. The Balaban J connectivity index is 3.41. The van der Waals surface area contributed by atoms with E-state index in [0.29, 0.717) is 0 Å². The van der Waals surface area contributed by atoms with Crippen LogP contribution in [0.5, 0.6) is 0 Å². The highest BCUT2D eigenvalue weighted by Gasteiger charge is 2.24. The lowest BCUT2D eigenvalue weighted by Crippen LogP contribution is -2.09. The third-order valence-electron chi connectivity index (χ3n) is 1.82. The highest BCUT2D eigenvalue weighted by molar-refractivity contribution is 7.80. The molecule has 0 aliphatic heterocycles. The minimum absolute atomic E-state index is 0.126. The standard InChI is InChI=1S/C9H8N2O5S/c1-4(12)10-5-2-6(9(13)14)8(11(15)16)7(17)3-5/h2-3,17H,1H3,(H,10,12)(H,13,14). The van der Waals surface area contributed by atoms with E-state index in [-0.39, 0.29) is 10.6 Å². The molecule has 0 atom stereocenters. The Labute approximate surface area is 101 Å². The van der Waals surface area contributed by atoms with Gasteiger partial charge in [-0.1, -0.05) is 0 Å². The van der Waals surface area contributed by atoms with E-state index in [1.807, 2.05) is 0 Å². The second-order valence-electron chi connectivity index (χ2n) is 3.13. The molecule has 0 unspecified atom stereocenters. The Morgan fingerprint density at radius 1 is 1.47 bits per heavy atom. The predicted octanol–water partition coefficient (Wildman–Crippen LogP) is 1.54. The molecule has 1 amide bonds. The lowest BCUT2D eigenvalue weighted by Gasteiger charge is -2.06. The number of nitrogens with one attached hydrogen (secondary N) is 1. The minimum Gasteiger partial charge on any atom is -0.477 e. The van der Waals surface area contributed by atoms with Gasteiger partial charge in [0.05, 0.1) is 9.82 Å². The van der Waals surface area contributed by atoms with E-state index in [1.54, 1.807) is 0 Å². The van der Waals surface area contributed by atoms with Crippen LogP contribution in [0.3, 0.4) is 0 Å². The zero-order valence-electron chi connectivity index (χ0n) is 8.63. The topological polar surface area (TPSA) is 110 Å². The van der Waals surface area contributed by atoms with Crippen molar-refractivity contribution in [3.8, 4) is 0 Å². The van der Waals surface area contributed by atoms with E-state index in [4.69, 9.17) is 5.11 Å². The molecule has 0 aromatic heterocycles. The predicted molar refractivity (Wildman–Crippen MR) is 61.6 cm³/mol. The van der Waals surface area contributed by atoms with Gasteiger partial charge in [0.2, 0.25) is 5.91 Å². The maximum absolute atomic E-state index is 10.9. The van der Waals surface area contributed by atoms with Gasteiger partial charge in [-0.05, 0) is 12.1 Å². The summed E-state index contributed by atoms with van der Waals surface area (Å²) >= 11 is 3.84. The third-order valence-corrected chi connectivity index (χ3v) is 2.16. The Hall–Kier alpha value is -2.09. The fourth-order valence-corrected chi connectivity index (χ4v) is 1.59. The van der Waals surface area contributed by atoms with Crippen molar-refractivity contribution in [2.24, 2.45) is 0 Å². The zero-order valence-corrected chi connectivity index (χ0v) is 9.52. The second kappa shape index (κ2) is 4.83. The first-order chi connectivity index (χ1) is 7.82. The number of carboxylic acids is 1. The monoisotopic (exact) mass is 256 g/mol. The summed E-state index contributed by atoms with van der Waals surface area (Å²) in [4.78, 5) is 31.4. The molecular formula is C9H8N2O5S. The van der Waals surface area contributed by atoms with E-state index < -0.39 is 28.1 Å². The average Bonchev–Trinajstić information content (AvgIpc) is 2.14. The number of benzene rings is 1. The van der Waals surface area contributed by atoms with Gasteiger partial charge in [0, 0.05) is 12.6 Å². The quantitative estimate of drug-likeness (QED) is 0.431. The molecule has 7 nitrogen and oxygen atoms in total. The van der Waals surface area contributed by atoms with E-state index in [1.165, 1.54) is 13.0 Å². The van der Waals surface area contributed by atoms with Gasteiger partial charge in [0.25, 0.3) is 5.69 Å². The summed E-state index contributed by atoms with van der Waals surface area (Å²) < 4.78 is 0. The van der Waals surface area contributed by atoms with Crippen molar-refractivity contribution in [2.45, 2.75) is 11.8 Å². The number of carbonyl (C=O) groups is 2. The first-order valence-electron chi connectivity index (χ1n) is 4.35. The van der Waals surface area contributed by atoms with Gasteiger partial charge in [-0.15, -0.1) is 12.6 Å². The average molecular weight is 256 g/mol. The van der Waals surface area contributed by atoms with Crippen LogP contribution in [0.1, 0.15) is 17.3 Å². The van der Waals surface area contributed by atoms with Crippen LogP contribution in [-0.4, -0.2) is 21.9 Å². The summed E-state index contributed by atoms with van der Waals surface area (Å²) in [6, 6.07) is 2.23. The molecule has 1 rings (SSSR count). The highest BCUT2D eigenvalue weighted by Crippen LogP contribution is 2.30. The van der Waals surface area contributed by atoms with Crippen molar-refractivity contribution in [3.05, 3.63) is 27.8 Å². The number of anilines is 1. The summed E-state index contributed by atoms with van der Waals surface area (Å²) in [6.07, 6.45) is 0. The van der Waals surface area contributed by atoms with Gasteiger partial charge in [-0.3, -0.25) is 14.9 Å². The second-order valence-corrected chi connectivity index (χ2v) is 3.62. The van der Waals surface area contributed by atoms with Crippen LogP contribution in [0, 0.1) is 10.1 Å². The first-order valence-corrected chi connectivity index (χ1v) is 4.80. The van der Waals surface area contributed by atoms with Crippen LogP contribution in [0.25, 0.3) is 0 Å². The number of rotatable bonds is 3. The number of nitro groups is 1. The van der Waals surface area contributed by atoms with E-state index >= 15 is 0 Å². The molecule has 0 spiro atoms. The number of aromatic carboxylic acids is 1. The van der Waals surface area contributed by atoms with Crippen molar-refractivity contribution < 1.29 is 19.6 Å². The van der Waals surface area contributed by atoms with Crippen molar-refractivity contribution >= 4 is 35.9 Å². The van der Waals surface area contributed by atoms with Crippen molar-refractivity contribution in [1.29, 1.82) is 0 Å². The van der Waals surface area contributed by atoms with Crippen LogP contribution in [0.4, 0.5) is 11.4 Å². The van der Waals surface area contributed by atoms with Crippen LogP contribution < -0.4 is 5.32 Å². The largest absolute Gasteiger partial charge is 0.477 e. The van der Waals surface area contributed by atoms with Gasteiger partial charge < -0.3 is 10.4 Å². The lowest BCUT2D eigenvalue weighted by atomic mass is 10.1. The molecule has 8 heteroatoms. The summed E-state index contributed by atoms with van der Waals surface area (Å²) in [5.41, 5.74) is -0.980. The number of hydrogen-bond acceptors (Lipinski definition) is 5. The molecule has 0 aliphatic rings. The number of carboxylic acid groups (broad SMARTS) is 1. The summed E-state index contributed by atoms with van der Waals surface area (Å²) in [5.74, 6) is -1.87. The van der Waals surface area contributed by atoms with Crippen molar-refractivity contribution in [3.63, 3.8) is 0 Å². The number of thiol groups is 1. The Bertz CT molecular complexity index is 514. The summed E-state index contributed by atoms with van der Waals surface area (Å²) in [7, 11) is 0. The number of nitrogens with zero attached hydrogens (tertiary/aromatic N) is 1. The molecular weight excluding hydrogens is 248 g/mol. The first kappa shape index (κ1) is 13.0. The molecule has 1 aromatic rings. The van der Waals surface area contributed by atoms with Crippen LogP contribution in [-0.2, 0) is 4.79 Å². The Morgan fingerprint density at radius 3 is 2.47 bits per heavy atom. The third kappa shape index (κ3) is 2.94. The van der Waals surface area contributed by atoms with Crippen molar-refractivity contribution in [1.82, 2.24) is 0 Å². The van der Waals surface area contributed by atoms with Gasteiger partial charge >= 0.3 is 5.97 Å². The Kier molecular flexibility index (Phi) is 3.69. The summed E-state index contributed by atoms with van der Waals surface area (Å²) in [5, 5.41) is 21.9. The molecule has 1 aromatic carbocycles. The number of nitro benzene ring substituents is 1.